The van der Waals surface area contributed by atoms with Crippen molar-refractivity contribution in [3.63, 3.8) is 0 Å². The molecule has 0 aliphatic heterocycles. The molecule has 4 nitrogen and oxygen atoms in total. The Kier molecular flexibility index (Phi) is 4.03. The van der Waals surface area contributed by atoms with Gasteiger partial charge in [0.25, 0.3) is 5.91 Å². The molecule has 0 bridgehead atoms. The number of anilines is 1. The normalized spacial score (nSPS) is 10.3. The average Bonchev–Trinajstić information content (AvgIpc) is 2.46. The van der Waals surface area contributed by atoms with Gasteiger partial charge in [0.05, 0.1) is 0 Å². The average molecular weight is 270 g/mol. The van der Waals surface area contributed by atoms with Gasteiger partial charge in [-0.25, -0.2) is 0 Å². The standard InChI is InChI=1S/C16H18N2O2/c1-4-12-5-7-13(8-6-12)18(3)16(20)14-10-17-11(2)9-15(14)19/h5-10H,4H2,1-3H3,(H,17,19). The Morgan fingerprint density at radius 3 is 2.45 bits per heavy atom. The van der Waals surface area contributed by atoms with E-state index < -0.39 is 0 Å². The summed E-state index contributed by atoms with van der Waals surface area (Å²) in [6.07, 6.45) is 2.42. The van der Waals surface area contributed by atoms with Gasteiger partial charge in [-0.05, 0) is 31.0 Å². The predicted molar refractivity (Wildman–Crippen MR) is 80.4 cm³/mol. The number of aromatic nitrogens is 1. The Hall–Kier alpha value is -2.36. The van der Waals surface area contributed by atoms with Gasteiger partial charge in [0.1, 0.15) is 5.56 Å². The lowest BCUT2D eigenvalue weighted by Crippen LogP contribution is -2.30. The molecule has 0 fully saturated rings. The molecule has 0 spiro atoms. The van der Waals surface area contributed by atoms with Crippen LogP contribution in [0.1, 0.15) is 28.5 Å². The molecule has 1 aromatic carbocycles. The highest BCUT2D eigenvalue weighted by molar-refractivity contribution is 6.05. The second-order valence-corrected chi connectivity index (χ2v) is 4.78. The number of hydrogen-bond donors (Lipinski definition) is 1. The van der Waals surface area contributed by atoms with Crippen LogP contribution in [0.15, 0.2) is 41.3 Å². The number of nitrogens with one attached hydrogen (secondary N) is 1. The van der Waals surface area contributed by atoms with Crippen LogP contribution in [0.4, 0.5) is 5.69 Å². The zero-order valence-electron chi connectivity index (χ0n) is 11.9. The second-order valence-electron chi connectivity index (χ2n) is 4.78. The lowest BCUT2D eigenvalue weighted by molar-refractivity contribution is 0.0991. The van der Waals surface area contributed by atoms with E-state index >= 15 is 0 Å². The van der Waals surface area contributed by atoms with Crippen molar-refractivity contribution in [2.24, 2.45) is 0 Å². The molecular weight excluding hydrogens is 252 g/mol. The van der Waals surface area contributed by atoms with Crippen molar-refractivity contribution >= 4 is 11.6 Å². The third-order valence-electron chi connectivity index (χ3n) is 3.32. The first-order valence-electron chi connectivity index (χ1n) is 6.59. The molecule has 20 heavy (non-hydrogen) atoms. The number of nitrogens with zero attached hydrogens (tertiary/aromatic N) is 1. The lowest BCUT2D eigenvalue weighted by atomic mass is 10.1. The first kappa shape index (κ1) is 14.1. The molecule has 0 atom stereocenters. The molecule has 4 heteroatoms. The third kappa shape index (κ3) is 2.79. The topological polar surface area (TPSA) is 53.2 Å². The Morgan fingerprint density at radius 1 is 1.25 bits per heavy atom. The van der Waals surface area contributed by atoms with Crippen molar-refractivity contribution < 1.29 is 4.79 Å². The van der Waals surface area contributed by atoms with Crippen molar-refractivity contribution in [3.8, 4) is 0 Å². The maximum Gasteiger partial charge on any atom is 0.263 e. The fourth-order valence-electron chi connectivity index (χ4n) is 1.99. The van der Waals surface area contributed by atoms with E-state index in [1.54, 1.807) is 14.0 Å². The molecule has 0 aliphatic carbocycles. The van der Waals surface area contributed by atoms with Crippen LogP contribution in [0.25, 0.3) is 0 Å². The lowest BCUT2D eigenvalue weighted by Gasteiger charge is -2.17. The third-order valence-corrected chi connectivity index (χ3v) is 3.32. The number of carbonyl (C=O) groups excluding carboxylic acids is 1. The minimum atomic E-state index is -0.310. The van der Waals surface area contributed by atoms with E-state index in [0.717, 1.165) is 17.8 Å². The van der Waals surface area contributed by atoms with Crippen LogP contribution in [0.5, 0.6) is 0 Å². The zero-order chi connectivity index (χ0) is 14.7. The van der Waals surface area contributed by atoms with Gasteiger partial charge < -0.3 is 9.88 Å². The first-order chi connectivity index (χ1) is 9.52. The highest BCUT2D eigenvalue weighted by atomic mass is 16.2. The van der Waals surface area contributed by atoms with Crippen LogP contribution in [0.3, 0.4) is 0 Å². The zero-order valence-corrected chi connectivity index (χ0v) is 11.9. The van der Waals surface area contributed by atoms with E-state index in [1.165, 1.54) is 22.7 Å². The van der Waals surface area contributed by atoms with E-state index in [1.807, 2.05) is 24.3 Å². The highest BCUT2D eigenvalue weighted by Crippen LogP contribution is 2.15. The maximum atomic E-state index is 12.3. The van der Waals surface area contributed by atoms with E-state index in [4.69, 9.17) is 0 Å². The fourth-order valence-corrected chi connectivity index (χ4v) is 1.99. The van der Waals surface area contributed by atoms with Crippen LogP contribution in [-0.2, 0) is 6.42 Å². The summed E-state index contributed by atoms with van der Waals surface area (Å²) in [6.45, 7) is 3.86. The van der Waals surface area contributed by atoms with Gasteiger partial charge >= 0.3 is 0 Å². The van der Waals surface area contributed by atoms with Gasteiger partial charge in [-0.15, -0.1) is 0 Å². The molecular formula is C16H18N2O2. The number of rotatable bonds is 3. The quantitative estimate of drug-likeness (QED) is 0.931. The molecule has 1 N–H and O–H groups in total. The van der Waals surface area contributed by atoms with Crippen LogP contribution in [0, 0.1) is 6.92 Å². The Labute approximate surface area is 118 Å². The molecule has 0 saturated carbocycles. The number of benzene rings is 1. The molecule has 0 saturated heterocycles. The molecule has 2 aromatic rings. The number of aromatic amines is 1. The van der Waals surface area contributed by atoms with E-state index in [0.29, 0.717) is 0 Å². The van der Waals surface area contributed by atoms with Crippen molar-refractivity contribution in [3.05, 3.63) is 63.6 Å². The van der Waals surface area contributed by atoms with Gasteiger partial charge in [-0.1, -0.05) is 19.1 Å². The van der Waals surface area contributed by atoms with E-state index in [-0.39, 0.29) is 16.9 Å². The number of H-pyrrole nitrogens is 1. The van der Waals surface area contributed by atoms with Crippen molar-refractivity contribution in [2.75, 3.05) is 11.9 Å². The smallest absolute Gasteiger partial charge is 0.263 e. The fraction of sp³-hybridized carbons (Fsp3) is 0.250. The summed E-state index contributed by atoms with van der Waals surface area (Å²) in [4.78, 5) is 28.6. The largest absolute Gasteiger partial charge is 0.364 e. The second kappa shape index (κ2) is 5.74. The van der Waals surface area contributed by atoms with Crippen molar-refractivity contribution in [1.29, 1.82) is 0 Å². The summed E-state index contributed by atoms with van der Waals surface area (Å²) in [6, 6.07) is 9.18. The molecule has 0 aliphatic rings. The van der Waals surface area contributed by atoms with Crippen molar-refractivity contribution in [2.45, 2.75) is 20.3 Å². The van der Waals surface area contributed by atoms with Crippen LogP contribution in [0.2, 0.25) is 0 Å². The predicted octanol–water partition coefficient (Wildman–Crippen LogP) is 2.52. The summed E-state index contributed by atoms with van der Waals surface area (Å²) in [7, 11) is 1.67. The van der Waals surface area contributed by atoms with E-state index in [2.05, 4.69) is 11.9 Å². The van der Waals surface area contributed by atoms with Gasteiger partial charge in [-0.2, -0.15) is 0 Å². The molecule has 1 amide bonds. The Balaban J connectivity index is 2.29. The Morgan fingerprint density at radius 2 is 1.90 bits per heavy atom. The van der Waals surface area contributed by atoms with E-state index in [9.17, 15) is 9.59 Å². The minimum Gasteiger partial charge on any atom is -0.364 e. The summed E-state index contributed by atoms with van der Waals surface area (Å²) < 4.78 is 0. The van der Waals surface area contributed by atoms with Crippen LogP contribution >= 0.6 is 0 Å². The molecule has 2 rings (SSSR count). The Bertz CT molecular complexity index is 672. The van der Waals surface area contributed by atoms with Gasteiger partial charge in [0, 0.05) is 30.7 Å². The summed E-state index contributed by atoms with van der Waals surface area (Å²) in [5, 5.41) is 0. The highest BCUT2D eigenvalue weighted by Gasteiger charge is 2.16. The monoisotopic (exact) mass is 270 g/mol. The first-order valence-corrected chi connectivity index (χ1v) is 6.59. The summed E-state index contributed by atoms with van der Waals surface area (Å²) >= 11 is 0. The molecule has 0 radical (unpaired) electrons. The molecule has 0 unspecified atom stereocenters. The summed E-state index contributed by atoms with van der Waals surface area (Å²) in [5.74, 6) is -0.310. The molecule has 1 aromatic heterocycles. The van der Waals surface area contributed by atoms with Gasteiger partial charge in [0.15, 0.2) is 5.43 Å². The van der Waals surface area contributed by atoms with Crippen LogP contribution < -0.4 is 10.3 Å². The maximum absolute atomic E-state index is 12.3. The number of carbonyl (C=O) groups is 1. The number of pyridine rings is 1. The van der Waals surface area contributed by atoms with Gasteiger partial charge in [-0.3, -0.25) is 9.59 Å². The van der Waals surface area contributed by atoms with Crippen molar-refractivity contribution in [1.82, 2.24) is 4.98 Å². The molecule has 1 heterocycles. The summed E-state index contributed by atoms with van der Waals surface area (Å²) in [5.41, 5.74) is 2.61. The molecule has 104 valence electrons. The van der Waals surface area contributed by atoms with Gasteiger partial charge in [0.2, 0.25) is 0 Å². The SMILES string of the molecule is CCc1ccc(N(C)C(=O)c2c[nH]c(C)cc2=O)cc1. The van der Waals surface area contributed by atoms with Crippen LogP contribution in [-0.4, -0.2) is 17.9 Å². The number of hydrogen-bond acceptors (Lipinski definition) is 2. The number of aryl methyl sites for hydroxylation is 2. The number of amides is 1. The minimum absolute atomic E-state index is 0.151.